The van der Waals surface area contributed by atoms with Crippen molar-refractivity contribution in [3.05, 3.63) is 24.0 Å². The average molecular weight is 270 g/mol. The lowest BCUT2D eigenvalue weighted by atomic mass is 10.2. The van der Waals surface area contributed by atoms with Crippen molar-refractivity contribution in [2.75, 3.05) is 26.9 Å². The molecule has 0 bridgehead atoms. The number of halogens is 1. The summed E-state index contributed by atoms with van der Waals surface area (Å²) in [4.78, 5) is 0. The van der Waals surface area contributed by atoms with Gasteiger partial charge in [-0.3, -0.25) is 0 Å². The fourth-order valence-corrected chi connectivity index (χ4v) is 1.96. The molecule has 0 aromatic heterocycles. The molecule has 0 amide bonds. The number of benzene rings is 1. The van der Waals surface area contributed by atoms with Crippen molar-refractivity contribution >= 4 is 0 Å². The maximum Gasteiger partial charge on any atom is 0.197 e. The molecule has 1 atom stereocenters. The van der Waals surface area contributed by atoms with Crippen molar-refractivity contribution in [1.82, 2.24) is 0 Å². The van der Waals surface area contributed by atoms with Gasteiger partial charge in [0, 0.05) is 6.61 Å². The first-order valence-corrected chi connectivity index (χ1v) is 6.50. The molecule has 1 heterocycles. The molecule has 0 radical (unpaired) electrons. The first-order valence-electron chi connectivity index (χ1n) is 6.50. The second-order valence-corrected chi connectivity index (χ2v) is 4.29. The molecule has 1 saturated heterocycles. The van der Waals surface area contributed by atoms with Crippen LogP contribution in [0.25, 0.3) is 0 Å². The normalized spacial score (nSPS) is 19.2. The van der Waals surface area contributed by atoms with Crippen LogP contribution in [0.2, 0.25) is 0 Å². The van der Waals surface area contributed by atoms with E-state index in [1.54, 1.807) is 12.1 Å². The summed E-state index contributed by atoms with van der Waals surface area (Å²) in [5.74, 6) is 0.0698. The maximum atomic E-state index is 13.5. The van der Waals surface area contributed by atoms with Crippen LogP contribution in [0, 0.1) is 5.82 Å². The van der Waals surface area contributed by atoms with Gasteiger partial charge in [-0.2, -0.15) is 0 Å². The summed E-state index contributed by atoms with van der Waals surface area (Å²) in [5.41, 5.74) is 0. The highest BCUT2D eigenvalue weighted by Crippen LogP contribution is 2.29. The number of methoxy groups -OCH3 is 1. The van der Waals surface area contributed by atoms with Crippen LogP contribution in [0.1, 0.15) is 19.3 Å². The Labute approximate surface area is 112 Å². The monoisotopic (exact) mass is 270 g/mol. The van der Waals surface area contributed by atoms with Gasteiger partial charge in [-0.1, -0.05) is 6.07 Å². The lowest BCUT2D eigenvalue weighted by Crippen LogP contribution is -2.24. The van der Waals surface area contributed by atoms with Gasteiger partial charge in [0.2, 0.25) is 0 Å². The minimum Gasteiger partial charge on any atom is -0.493 e. The fourth-order valence-electron chi connectivity index (χ4n) is 1.96. The van der Waals surface area contributed by atoms with Gasteiger partial charge in [0.05, 0.1) is 13.7 Å². The van der Waals surface area contributed by atoms with E-state index in [-0.39, 0.29) is 18.6 Å². The van der Waals surface area contributed by atoms with Crippen LogP contribution in [-0.4, -0.2) is 33.2 Å². The zero-order chi connectivity index (χ0) is 13.5. The van der Waals surface area contributed by atoms with Gasteiger partial charge in [-0.25, -0.2) is 4.39 Å². The van der Waals surface area contributed by atoms with E-state index in [0.29, 0.717) is 12.4 Å². The first kappa shape index (κ1) is 14.1. The lowest BCUT2D eigenvalue weighted by molar-refractivity contribution is -0.165. The van der Waals surface area contributed by atoms with Crippen LogP contribution < -0.4 is 9.47 Å². The van der Waals surface area contributed by atoms with E-state index in [0.717, 1.165) is 25.9 Å². The Morgan fingerprint density at radius 1 is 1.32 bits per heavy atom. The Balaban J connectivity index is 1.76. The molecule has 0 unspecified atom stereocenters. The van der Waals surface area contributed by atoms with Gasteiger partial charge in [0.1, 0.15) is 6.61 Å². The zero-order valence-corrected chi connectivity index (χ0v) is 11.1. The molecule has 0 N–H and O–H groups in total. The highest BCUT2D eigenvalue weighted by molar-refractivity contribution is 5.40. The average Bonchev–Trinajstić information content (AvgIpc) is 2.46. The third kappa shape index (κ3) is 4.08. The topological polar surface area (TPSA) is 36.9 Å². The van der Waals surface area contributed by atoms with Crippen LogP contribution in [0.3, 0.4) is 0 Å². The molecule has 2 rings (SSSR count). The minimum atomic E-state index is -0.437. The molecular weight excluding hydrogens is 251 g/mol. The molecule has 4 nitrogen and oxygen atoms in total. The summed E-state index contributed by atoms with van der Waals surface area (Å²) >= 11 is 0. The first-order chi connectivity index (χ1) is 9.31. The summed E-state index contributed by atoms with van der Waals surface area (Å²) in [7, 11) is 1.48. The van der Waals surface area contributed by atoms with Gasteiger partial charge in [0.15, 0.2) is 23.6 Å². The van der Waals surface area contributed by atoms with Crippen LogP contribution in [0.15, 0.2) is 18.2 Å². The van der Waals surface area contributed by atoms with Crippen LogP contribution >= 0.6 is 0 Å². The SMILES string of the molecule is COc1cccc(F)c1OCCO[C@H]1CCCCO1. The number of rotatable bonds is 6. The Morgan fingerprint density at radius 3 is 2.95 bits per heavy atom. The molecule has 1 aliphatic heterocycles. The predicted molar refractivity (Wildman–Crippen MR) is 68.0 cm³/mol. The molecule has 5 heteroatoms. The van der Waals surface area contributed by atoms with Crippen molar-refractivity contribution in [1.29, 1.82) is 0 Å². The molecule has 1 aromatic rings. The third-order valence-electron chi connectivity index (χ3n) is 2.92. The van der Waals surface area contributed by atoms with Crippen LogP contribution in [0.4, 0.5) is 4.39 Å². The molecular formula is C14H19FO4. The zero-order valence-electron chi connectivity index (χ0n) is 11.1. The van der Waals surface area contributed by atoms with E-state index in [1.165, 1.54) is 13.2 Å². The van der Waals surface area contributed by atoms with Crippen LogP contribution in [-0.2, 0) is 9.47 Å². The van der Waals surface area contributed by atoms with Crippen molar-refractivity contribution in [3.8, 4) is 11.5 Å². The van der Waals surface area contributed by atoms with Gasteiger partial charge >= 0.3 is 0 Å². The Bertz CT molecular complexity index is 391. The standard InChI is InChI=1S/C14H19FO4/c1-16-12-6-4-5-11(15)14(12)19-10-9-18-13-7-2-3-8-17-13/h4-6,13H,2-3,7-10H2,1H3/t13-/m0/s1. The smallest absolute Gasteiger partial charge is 0.197 e. The highest BCUT2D eigenvalue weighted by Gasteiger charge is 2.14. The lowest BCUT2D eigenvalue weighted by Gasteiger charge is -2.22. The highest BCUT2D eigenvalue weighted by atomic mass is 19.1. The van der Waals surface area contributed by atoms with Gasteiger partial charge < -0.3 is 18.9 Å². The van der Waals surface area contributed by atoms with Gasteiger partial charge in [0.25, 0.3) is 0 Å². The minimum absolute atomic E-state index is 0.123. The van der Waals surface area contributed by atoms with Crippen molar-refractivity contribution in [2.24, 2.45) is 0 Å². The van der Waals surface area contributed by atoms with E-state index in [9.17, 15) is 4.39 Å². The van der Waals surface area contributed by atoms with Crippen LogP contribution in [0.5, 0.6) is 11.5 Å². The van der Waals surface area contributed by atoms with E-state index in [4.69, 9.17) is 18.9 Å². The maximum absolute atomic E-state index is 13.5. The molecule has 1 fully saturated rings. The molecule has 0 saturated carbocycles. The Morgan fingerprint density at radius 2 is 2.21 bits per heavy atom. The van der Waals surface area contributed by atoms with Crippen molar-refractivity contribution in [2.45, 2.75) is 25.6 Å². The number of hydrogen-bond acceptors (Lipinski definition) is 4. The Kier molecular flexibility index (Phi) is 5.42. The van der Waals surface area contributed by atoms with E-state index < -0.39 is 5.82 Å². The molecule has 19 heavy (non-hydrogen) atoms. The summed E-state index contributed by atoms with van der Waals surface area (Å²) < 4.78 is 34.9. The largest absolute Gasteiger partial charge is 0.493 e. The van der Waals surface area contributed by atoms with Gasteiger partial charge in [-0.15, -0.1) is 0 Å². The quantitative estimate of drug-likeness (QED) is 0.745. The molecule has 0 spiro atoms. The second kappa shape index (κ2) is 7.31. The number of hydrogen-bond donors (Lipinski definition) is 0. The Hall–Kier alpha value is -1.33. The molecule has 1 aromatic carbocycles. The molecule has 0 aliphatic carbocycles. The second-order valence-electron chi connectivity index (χ2n) is 4.29. The van der Waals surface area contributed by atoms with Crippen molar-refractivity contribution < 1.29 is 23.3 Å². The summed E-state index contributed by atoms with van der Waals surface area (Å²) in [5, 5.41) is 0. The van der Waals surface area contributed by atoms with E-state index in [1.807, 2.05) is 0 Å². The predicted octanol–water partition coefficient (Wildman–Crippen LogP) is 2.76. The number of ether oxygens (including phenoxy) is 4. The summed E-state index contributed by atoms with van der Waals surface area (Å²) in [6.45, 7) is 1.37. The van der Waals surface area contributed by atoms with Crippen molar-refractivity contribution in [3.63, 3.8) is 0 Å². The fraction of sp³-hybridized carbons (Fsp3) is 0.571. The van der Waals surface area contributed by atoms with Gasteiger partial charge in [-0.05, 0) is 31.4 Å². The summed E-state index contributed by atoms with van der Waals surface area (Å²) in [6.07, 6.45) is 2.96. The number of para-hydroxylation sites is 1. The summed E-state index contributed by atoms with van der Waals surface area (Å²) in [6, 6.07) is 4.57. The van der Waals surface area contributed by atoms with E-state index in [2.05, 4.69) is 0 Å². The molecule has 106 valence electrons. The molecule has 1 aliphatic rings. The van der Waals surface area contributed by atoms with E-state index >= 15 is 0 Å². The third-order valence-corrected chi connectivity index (χ3v) is 2.92.